The molecule has 1 aliphatic rings. The molecule has 1 aliphatic heterocycles. The molecule has 1 saturated heterocycles. The third-order valence-corrected chi connectivity index (χ3v) is 7.73. The van der Waals surface area contributed by atoms with Crippen LogP contribution in [0.5, 0.6) is 0 Å². The third kappa shape index (κ3) is 5.03. The van der Waals surface area contributed by atoms with Gasteiger partial charge in [-0.05, 0) is 55.2 Å². The van der Waals surface area contributed by atoms with E-state index in [9.17, 15) is 14.7 Å². The fourth-order valence-electron chi connectivity index (χ4n) is 4.42. The highest BCUT2D eigenvalue weighted by Gasteiger charge is 2.23. The van der Waals surface area contributed by atoms with Crippen molar-refractivity contribution in [2.75, 3.05) is 25.0 Å². The number of thiazole rings is 1. The van der Waals surface area contributed by atoms with Crippen molar-refractivity contribution in [1.29, 1.82) is 0 Å². The highest BCUT2D eigenvalue weighted by atomic mass is 35.5. The average molecular weight is 512 g/mol. The molecule has 0 unspecified atom stereocenters. The zero-order chi connectivity index (χ0) is 24.5. The number of likely N-dealkylation sites (tertiary alicyclic amines) is 1. The molecule has 0 radical (unpaired) electrons. The summed E-state index contributed by atoms with van der Waals surface area (Å²) in [5, 5.41) is 13.9. The number of nitrogens with one attached hydrogen (secondary N) is 1. The number of benzene rings is 2. The molecule has 2 N–H and O–H groups in total. The van der Waals surface area contributed by atoms with Gasteiger partial charge < -0.3 is 19.9 Å². The topological polar surface area (TPSA) is 100 Å². The zero-order valence-corrected chi connectivity index (χ0v) is 20.9. The molecule has 0 bridgehead atoms. The second kappa shape index (κ2) is 9.93. The Kier molecular flexibility index (Phi) is 6.73. The minimum atomic E-state index is -0.0753. The average Bonchev–Trinajstić information content (AvgIpc) is 3.41. The number of hydrogen-bond acceptors (Lipinski definition) is 7. The summed E-state index contributed by atoms with van der Waals surface area (Å²) in [6, 6.07) is 11.0. The van der Waals surface area contributed by atoms with Crippen molar-refractivity contribution in [3.63, 3.8) is 0 Å². The van der Waals surface area contributed by atoms with Crippen molar-refractivity contribution in [2.24, 2.45) is 13.0 Å². The van der Waals surface area contributed by atoms with E-state index in [1.807, 2.05) is 35.9 Å². The van der Waals surface area contributed by atoms with E-state index in [2.05, 4.69) is 15.3 Å². The van der Waals surface area contributed by atoms with Crippen LogP contribution in [-0.2, 0) is 11.8 Å². The summed E-state index contributed by atoms with van der Waals surface area (Å²) in [5.41, 5.74) is 2.99. The van der Waals surface area contributed by atoms with Crippen LogP contribution in [-0.4, -0.2) is 55.9 Å². The monoisotopic (exact) mass is 511 g/mol. The number of halogens is 1. The van der Waals surface area contributed by atoms with Gasteiger partial charge in [0.15, 0.2) is 10.9 Å². The Morgan fingerprint density at radius 2 is 1.91 bits per heavy atom. The summed E-state index contributed by atoms with van der Waals surface area (Å²) >= 11 is 7.57. The number of Topliss-reactive ketones (excluding diaryl/α,β-unsaturated/α-hetero) is 1. The van der Waals surface area contributed by atoms with Crippen molar-refractivity contribution in [1.82, 2.24) is 19.4 Å². The lowest BCUT2D eigenvalue weighted by Crippen LogP contribution is -2.39. The Morgan fingerprint density at radius 3 is 2.69 bits per heavy atom. The molecule has 8 nitrogen and oxygen atoms in total. The van der Waals surface area contributed by atoms with Crippen molar-refractivity contribution < 1.29 is 14.7 Å². The van der Waals surface area contributed by atoms with Gasteiger partial charge in [-0.15, -0.1) is 0 Å². The molecule has 3 heterocycles. The number of imidazole rings is 1. The van der Waals surface area contributed by atoms with Gasteiger partial charge in [0.2, 0.25) is 11.9 Å². The number of aryl methyl sites for hydroxylation is 1. The molecule has 1 amide bonds. The smallest absolute Gasteiger partial charge is 0.223 e. The Morgan fingerprint density at radius 1 is 1.11 bits per heavy atom. The van der Waals surface area contributed by atoms with E-state index in [-0.39, 0.29) is 37.1 Å². The normalized spacial score (nSPS) is 14.7. The van der Waals surface area contributed by atoms with Crippen molar-refractivity contribution in [3.05, 3.63) is 47.0 Å². The Hall–Kier alpha value is -3.01. The highest BCUT2D eigenvalue weighted by molar-refractivity contribution is 7.22. The SMILES string of the molecule is Cn1c(Nc2nc3ccc(Cl)cc3s2)nc2cc(C(=O)CCC(=O)N3CCC(CO)CC3)ccc21. The fraction of sp³-hybridized carbons (Fsp3) is 0.360. The summed E-state index contributed by atoms with van der Waals surface area (Å²) in [6.07, 6.45) is 1.98. The predicted octanol–water partition coefficient (Wildman–Crippen LogP) is 4.77. The number of carbonyl (C=O) groups is 2. The first-order valence-electron chi connectivity index (χ1n) is 11.6. The van der Waals surface area contributed by atoms with E-state index >= 15 is 0 Å². The van der Waals surface area contributed by atoms with E-state index in [0.29, 0.717) is 40.3 Å². The van der Waals surface area contributed by atoms with Crippen molar-refractivity contribution >= 4 is 67.0 Å². The Bertz CT molecular complexity index is 1410. The number of carbonyl (C=O) groups excluding carboxylic acids is 2. The van der Waals surface area contributed by atoms with Crippen LogP contribution in [0.3, 0.4) is 0 Å². The second-order valence-corrected chi connectivity index (χ2v) is 10.4. The lowest BCUT2D eigenvalue weighted by Gasteiger charge is -2.31. The minimum Gasteiger partial charge on any atom is -0.396 e. The molecule has 4 aromatic rings. The van der Waals surface area contributed by atoms with Gasteiger partial charge in [0.05, 0.1) is 21.3 Å². The predicted molar refractivity (Wildman–Crippen MR) is 139 cm³/mol. The standard InChI is InChI=1S/C25H26ClN5O3S/c1-30-20-5-2-16(21(33)6-7-23(34)31-10-8-15(14-32)9-11-31)12-19(20)27-24(30)29-25-28-18-4-3-17(26)13-22(18)35-25/h2-5,12-13,15,32H,6-11,14H2,1H3,(H,27,28,29). The number of aromatic nitrogens is 3. The fourth-order valence-corrected chi connectivity index (χ4v) is 5.56. The molecule has 182 valence electrons. The van der Waals surface area contributed by atoms with E-state index in [1.165, 1.54) is 11.3 Å². The van der Waals surface area contributed by atoms with Crippen LogP contribution < -0.4 is 5.32 Å². The van der Waals surface area contributed by atoms with E-state index in [4.69, 9.17) is 11.6 Å². The number of ketones is 1. The largest absolute Gasteiger partial charge is 0.396 e. The first-order chi connectivity index (χ1) is 16.9. The summed E-state index contributed by atoms with van der Waals surface area (Å²) in [4.78, 5) is 36.4. The molecule has 2 aromatic heterocycles. The van der Waals surface area contributed by atoms with Crippen LogP contribution in [0, 0.1) is 5.92 Å². The molecule has 0 spiro atoms. The summed E-state index contributed by atoms with van der Waals surface area (Å²) in [5.74, 6) is 0.820. The first-order valence-corrected chi connectivity index (χ1v) is 12.8. The molecule has 0 atom stereocenters. The van der Waals surface area contributed by atoms with Crippen LogP contribution in [0.4, 0.5) is 11.1 Å². The van der Waals surface area contributed by atoms with Crippen LogP contribution in [0.2, 0.25) is 5.02 Å². The molecule has 10 heteroatoms. The van der Waals surface area contributed by atoms with Gasteiger partial charge in [-0.25, -0.2) is 9.97 Å². The molecular weight excluding hydrogens is 486 g/mol. The third-order valence-electron chi connectivity index (χ3n) is 6.56. The van der Waals surface area contributed by atoms with Crippen molar-refractivity contribution in [3.8, 4) is 0 Å². The molecule has 2 aromatic carbocycles. The number of aliphatic hydroxyl groups is 1. The van der Waals surface area contributed by atoms with Gasteiger partial charge in [-0.1, -0.05) is 22.9 Å². The van der Waals surface area contributed by atoms with Crippen LogP contribution in [0.1, 0.15) is 36.0 Å². The van der Waals surface area contributed by atoms with Gasteiger partial charge in [0, 0.05) is 50.2 Å². The molecule has 0 saturated carbocycles. The van der Waals surface area contributed by atoms with E-state index in [1.54, 1.807) is 17.0 Å². The number of piperidine rings is 1. The summed E-state index contributed by atoms with van der Waals surface area (Å²) < 4.78 is 2.90. The number of hydrogen-bond donors (Lipinski definition) is 2. The maximum absolute atomic E-state index is 12.8. The molecule has 5 rings (SSSR count). The van der Waals surface area contributed by atoms with Crippen LogP contribution in [0.15, 0.2) is 36.4 Å². The molecule has 1 fully saturated rings. The number of rotatable bonds is 7. The quantitative estimate of drug-likeness (QED) is 0.346. The Labute approximate surface area is 211 Å². The van der Waals surface area contributed by atoms with E-state index < -0.39 is 0 Å². The number of amides is 1. The summed E-state index contributed by atoms with van der Waals surface area (Å²) in [7, 11) is 1.90. The number of aliphatic hydroxyl groups excluding tert-OH is 1. The van der Waals surface area contributed by atoms with Gasteiger partial charge in [-0.2, -0.15) is 0 Å². The summed E-state index contributed by atoms with van der Waals surface area (Å²) in [6.45, 7) is 1.47. The molecule has 0 aliphatic carbocycles. The van der Waals surface area contributed by atoms with Gasteiger partial charge in [0.1, 0.15) is 0 Å². The number of fused-ring (bicyclic) bond motifs is 2. The van der Waals surface area contributed by atoms with Gasteiger partial charge in [-0.3, -0.25) is 9.59 Å². The van der Waals surface area contributed by atoms with Gasteiger partial charge >= 0.3 is 0 Å². The maximum atomic E-state index is 12.8. The maximum Gasteiger partial charge on any atom is 0.223 e. The zero-order valence-electron chi connectivity index (χ0n) is 19.3. The molecular formula is C25H26ClN5O3S. The van der Waals surface area contributed by atoms with Crippen LogP contribution >= 0.6 is 22.9 Å². The highest BCUT2D eigenvalue weighted by Crippen LogP contribution is 2.31. The second-order valence-electron chi connectivity index (χ2n) is 8.88. The van der Waals surface area contributed by atoms with Crippen molar-refractivity contribution in [2.45, 2.75) is 25.7 Å². The van der Waals surface area contributed by atoms with Gasteiger partial charge in [0.25, 0.3) is 0 Å². The lowest BCUT2D eigenvalue weighted by atomic mass is 9.97. The first kappa shape index (κ1) is 23.7. The lowest BCUT2D eigenvalue weighted by molar-refractivity contribution is -0.132. The molecule has 35 heavy (non-hydrogen) atoms. The number of anilines is 2. The minimum absolute atomic E-state index is 0.00253. The Balaban J connectivity index is 1.26. The van der Waals surface area contributed by atoms with E-state index in [0.717, 1.165) is 28.6 Å². The number of nitrogens with zero attached hydrogens (tertiary/aromatic N) is 4. The van der Waals surface area contributed by atoms with Crippen LogP contribution in [0.25, 0.3) is 21.3 Å².